The highest BCUT2D eigenvalue weighted by Gasteiger charge is 2.13. The molecule has 0 aliphatic carbocycles. The summed E-state index contributed by atoms with van der Waals surface area (Å²) in [4.78, 5) is 0. The highest BCUT2D eigenvalue weighted by molar-refractivity contribution is 6.34. The van der Waals surface area contributed by atoms with Gasteiger partial charge in [0.25, 0.3) is 0 Å². The van der Waals surface area contributed by atoms with Crippen LogP contribution >= 0.6 is 11.6 Å². The van der Waals surface area contributed by atoms with Gasteiger partial charge in [-0.15, -0.1) is 0 Å². The average molecular weight is 200 g/mol. The van der Waals surface area contributed by atoms with Gasteiger partial charge in [0, 0.05) is 5.56 Å². The maximum atomic E-state index is 6.04. The lowest BCUT2D eigenvalue weighted by Crippen LogP contribution is -2.00. The number of benzene rings is 1. The Balaban J connectivity index is 3.56. The van der Waals surface area contributed by atoms with Crippen LogP contribution < -0.4 is 10.5 Å². The van der Waals surface area contributed by atoms with Crippen LogP contribution in [0.3, 0.4) is 0 Å². The van der Waals surface area contributed by atoms with E-state index in [1.807, 2.05) is 20.8 Å². The summed E-state index contributed by atoms with van der Waals surface area (Å²) in [6, 6.07) is 0. The topological polar surface area (TPSA) is 35.2 Å². The molecule has 0 amide bonds. The molecule has 0 aromatic heterocycles. The van der Waals surface area contributed by atoms with Crippen molar-refractivity contribution in [3.8, 4) is 5.75 Å². The number of anilines is 1. The number of methoxy groups -OCH3 is 1. The number of hydrogen-bond donors (Lipinski definition) is 1. The summed E-state index contributed by atoms with van der Waals surface area (Å²) in [5.41, 5.74) is 9.38. The third-order valence-corrected chi connectivity index (χ3v) is 2.90. The van der Waals surface area contributed by atoms with Crippen LogP contribution in [0.4, 0.5) is 5.69 Å². The monoisotopic (exact) mass is 199 g/mol. The van der Waals surface area contributed by atoms with Gasteiger partial charge in [-0.25, -0.2) is 0 Å². The number of hydrogen-bond acceptors (Lipinski definition) is 2. The fraction of sp³-hybridized carbons (Fsp3) is 0.400. The second-order valence-corrected chi connectivity index (χ2v) is 3.51. The van der Waals surface area contributed by atoms with Gasteiger partial charge in [-0.05, 0) is 31.9 Å². The van der Waals surface area contributed by atoms with Gasteiger partial charge in [0.2, 0.25) is 0 Å². The molecule has 13 heavy (non-hydrogen) atoms. The Morgan fingerprint density at radius 2 is 1.62 bits per heavy atom. The Labute approximate surface area is 83.6 Å². The first-order valence-electron chi connectivity index (χ1n) is 4.09. The first-order valence-corrected chi connectivity index (χ1v) is 4.47. The number of halogens is 1. The van der Waals surface area contributed by atoms with E-state index in [1.165, 1.54) is 0 Å². The van der Waals surface area contributed by atoms with Crippen LogP contribution in [0.15, 0.2) is 0 Å². The first kappa shape index (κ1) is 10.2. The largest absolute Gasteiger partial charge is 0.496 e. The van der Waals surface area contributed by atoms with Crippen molar-refractivity contribution in [2.24, 2.45) is 0 Å². The lowest BCUT2D eigenvalue weighted by molar-refractivity contribution is 0.408. The predicted molar refractivity (Wildman–Crippen MR) is 56.6 cm³/mol. The quantitative estimate of drug-likeness (QED) is 0.706. The van der Waals surface area contributed by atoms with Gasteiger partial charge in [0.15, 0.2) is 0 Å². The van der Waals surface area contributed by atoms with Gasteiger partial charge in [-0.1, -0.05) is 11.6 Å². The SMILES string of the molecule is COc1c(C)c(C)c(Cl)c(N)c1C. The van der Waals surface area contributed by atoms with Crippen LogP contribution in [0.25, 0.3) is 0 Å². The van der Waals surface area contributed by atoms with Crippen molar-refractivity contribution in [1.82, 2.24) is 0 Å². The van der Waals surface area contributed by atoms with E-state index in [0.29, 0.717) is 10.7 Å². The summed E-state index contributed by atoms with van der Waals surface area (Å²) < 4.78 is 5.25. The highest BCUT2D eigenvalue weighted by Crippen LogP contribution is 2.37. The van der Waals surface area contributed by atoms with Crippen molar-refractivity contribution in [2.45, 2.75) is 20.8 Å². The molecule has 72 valence electrons. The molecule has 0 unspecified atom stereocenters. The molecule has 0 aliphatic rings. The van der Waals surface area contributed by atoms with Gasteiger partial charge < -0.3 is 10.5 Å². The van der Waals surface area contributed by atoms with E-state index in [0.717, 1.165) is 22.4 Å². The lowest BCUT2D eigenvalue weighted by atomic mass is 10.0. The molecule has 0 aliphatic heterocycles. The van der Waals surface area contributed by atoms with E-state index in [4.69, 9.17) is 22.1 Å². The predicted octanol–water partition coefficient (Wildman–Crippen LogP) is 2.86. The number of nitrogens with two attached hydrogens (primary N) is 1. The highest BCUT2D eigenvalue weighted by atomic mass is 35.5. The van der Waals surface area contributed by atoms with Crippen LogP contribution in [0, 0.1) is 20.8 Å². The second-order valence-electron chi connectivity index (χ2n) is 3.14. The molecular formula is C10H14ClNO. The van der Waals surface area contributed by atoms with E-state index in [9.17, 15) is 0 Å². The van der Waals surface area contributed by atoms with Gasteiger partial charge in [-0.2, -0.15) is 0 Å². The average Bonchev–Trinajstić information content (AvgIpc) is 2.13. The Bertz CT molecular complexity index is 318. The minimum Gasteiger partial charge on any atom is -0.496 e. The summed E-state index contributed by atoms with van der Waals surface area (Å²) in [5, 5.41) is 0.635. The van der Waals surface area contributed by atoms with Crippen molar-refractivity contribution in [1.29, 1.82) is 0 Å². The normalized spacial score (nSPS) is 10.2. The molecule has 2 N–H and O–H groups in total. The maximum Gasteiger partial charge on any atom is 0.127 e. The molecule has 1 aromatic rings. The van der Waals surface area contributed by atoms with E-state index >= 15 is 0 Å². The molecule has 1 aromatic carbocycles. The van der Waals surface area contributed by atoms with Gasteiger partial charge in [0.05, 0.1) is 17.8 Å². The third-order valence-electron chi connectivity index (χ3n) is 2.42. The van der Waals surface area contributed by atoms with Crippen LogP contribution in [-0.4, -0.2) is 7.11 Å². The molecule has 0 fully saturated rings. The van der Waals surface area contributed by atoms with Gasteiger partial charge in [0.1, 0.15) is 5.75 Å². The van der Waals surface area contributed by atoms with Crippen molar-refractivity contribution >= 4 is 17.3 Å². The summed E-state index contributed by atoms with van der Waals surface area (Å²) in [7, 11) is 1.64. The molecule has 0 heterocycles. The number of rotatable bonds is 1. The van der Waals surface area contributed by atoms with E-state index < -0.39 is 0 Å². The third kappa shape index (κ3) is 1.46. The van der Waals surface area contributed by atoms with Crippen LogP contribution in [0.1, 0.15) is 16.7 Å². The van der Waals surface area contributed by atoms with Crippen LogP contribution in [0.2, 0.25) is 5.02 Å². The molecule has 0 saturated carbocycles. The zero-order valence-corrected chi connectivity index (χ0v) is 9.12. The van der Waals surface area contributed by atoms with Gasteiger partial charge in [-0.3, -0.25) is 0 Å². The molecule has 0 radical (unpaired) electrons. The zero-order chi connectivity index (χ0) is 10.2. The van der Waals surface area contributed by atoms with Crippen molar-refractivity contribution < 1.29 is 4.74 Å². The smallest absolute Gasteiger partial charge is 0.127 e. The summed E-state index contributed by atoms with van der Waals surface area (Å²) in [6.45, 7) is 5.83. The number of ether oxygens (including phenoxy) is 1. The molecule has 3 heteroatoms. The van der Waals surface area contributed by atoms with Gasteiger partial charge >= 0.3 is 0 Å². The zero-order valence-electron chi connectivity index (χ0n) is 8.36. The fourth-order valence-corrected chi connectivity index (χ4v) is 1.69. The van der Waals surface area contributed by atoms with Crippen LogP contribution in [0.5, 0.6) is 5.75 Å². The molecule has 0 spiro atoms. The Kier molecular flexibility index (Phi) is 2.71. The lowest BCUT2D eigenvalue weighted by Gasteiger charge is -2.15. The van der Waals surface area contributed by atoms with Crippen LogP contribution in [-0.2, 0) is 0 Å². The second kappa shape index (κ2) is 3.46. The maximum absolute atomic E-state index is 6.04. The molecule has 0 bridgehead atoms. The van der Waals surface area contributed by atoms with E-state index in [2.05, 4.69) is 0 Å². The summed E-state index contributed by atoms with van der Waals surface area (Å²) >= 11 is 6.04. The standard InChI is InChI=1S/C10H14ClNO/c1-5-6(2)10(13-4)7(3)9(12)8(5)11/h12H2,1-4H3. The van der Waals surface area contributed by atoms with Crippen molar-refractivity contribution in [3.05, 3.63) is 21.7 Å². The van der Waals surface area contributed by atoms with Crippen molar-refractivity contribution in [3.63, 3.8) is 0 Å². The molecule has 1 rings (SSSR count). The Hall–Kier alpha value is -0.890. The molecular weight excluding hydrogens is 186 g/mol. The minimum atomic E-state index is 0.613. The summed E-state index contributed by atoms with van der Waals surface area (Å²) in [5.74, 6) is 0.833. The minimum absolute atomic E-state index is 0.613. The van der Waals surface area contributed by atoms with E-state index in [1.54, 1.807) is 7.11 Å². The molecule has 2 nitrogen and oxygen atoms in total. The Morgan fingerprint density at radius 1 is 1.08 bits per heavy atom. The van der Waals surface area contributed by atoms with Crippen molar-refractivity contribution in [2.75, 3.05) is 12.8 Å². The number of nitrogen functional groups attached to an aromatic ring is 1. The summed E-state index contributed by atoms with van der Waals surface area (Å²) in [6.07, 6.45) is 0. The first-order chi connectivity index (χ1) is 6.00. The molecule has 0 saturated heterocycles. The van der Waals surface area contributed by atoms with E-state index in [-0.39, 0.29) is 0 Å². The Morgan fingerprint density at radius 3 is 2.08 bits per heavy atom. The molecule has 0 atom stereocenters. The fourth-order valence-electron chi connectivity index (χ4n) is 1.41.